The Bertz CT molecular complexity index is 585. The molecule has 0 aliphatic carbocycles. The van der Waals surface area contributed by atoms with Gasteiger partial charge in [-0.25, -0.2) is 4.79 Å². The normalized spacial score (nSPS) is 21.1. The van der Waals surface area contributed by atoms with Crippen molar-refractivity contribution in [3.63, 3.8) is 0 Å². The average Bonchev–Trinajstić information content (AvgIpc) is 2.46. The van der Waals surface area contributed by atoms with Crippen molar-refractivity contribution < 1.29 is 27.8 Å². The number of carbonyl (C=O) groups is 2. The van der Waals surface area contributed by atoms with Crippen LogP contribution in [0.1, 0.15) is 6.92 Å². The minimum atomic E-state index is -2.95. The molecule has 126 valence electrons. The quantitative estimate of drug-likeness (QED) is 0.873. The fourth-order valence-electron chi connectivity index (χ4n) is 2.23. The van der Waals surface area contributed by atoms with Crippen LogP contribution in [0, 0.1) is 0 Å². The number of alkyl halides is 2. The van der Waals surface area contributed by atoms with Crippen LogP contribution in [0.25, 0.3) is 0 Å². The van der Waals surface area contributed by atoms with Gasteiger partial charge in [0.05, 0.1) is 12.6 Å². The van der Waals surface area contributed by atoms with Crippen molar-refractivity contribution in [3.05, 3.63) is 24.3 Å². The zero-order chi connectivity index (χ0) is 17.0. The van der Waals surface area contributed by atoms with Crippen LogP contribution in [0.3, 0.4) is 0 Å². The van der Waals surface area contributed by atoms with E-state index in [-0.39, 0.29) is 24.9 Å². The van der Waals surface area contributed by atoms with E-state index < -0.39 is 24.7 Å². The molecule has 7 nitrogen and oxygen atoms in total. The van der Waals surface area contributed by atoms with Gasteiger partial charge in [-0.3, -0.25) is 4.79 Å². The number of urea groups is 1. The molecule has 0 radical (unpaired) electrons. The monoisotopic (exact) mass is 329 g/mol. The second-order valence-corrected chi connectivity index (χ2v) is 5.08. The summed E-state index contributed by atoms with van der Waals surface area (Å²) in [6.07, 6.45) is -1.22. The van der Waals surface area contributed by atoms with Crippen LogP contribution in [-0.4, -0.2) is 48.7 Å². The molecule has 0 spiro atoms. The number of amides is 3. The number of morpholine rings is 1. The van der Waals surface area contributed by atoms with Gasteiger partial charge in [-0.1, -0.05) is 6.07 Å². The fraction of sp³-hybridized carbons (Fsp3) is 0.429. The molecule has 1 aliphatic rings. The van der Waals surface area contributed by atoms with Gasteiger partial charge in [-0.05, 0) is 19.1 Å². The van der Waals surface area contributed by atoms with E-state index in [4.69, 9.17) is 10.5 Å². The third-order valence-corrected chi connectivity index (χ3v) is 3.18. The van der Waals surface area contributed by atoms with Crippen molar-refractivity contribution in [2.45, 2.75) is 25.7 Å². The van der Waals surface area contributed by atoms with Crippen LogP contribution in [-0.2, 0) is 9.53 Å². The predicted octanol–water partition coefficient (Wildman–Crippen LogP) is 1.39. The van der Waals surface area contributed by atoms with Crippen LogP contribution < -0.4 is 15.8 Å². The molecule has 1 aromatic rings. The molecule has 9 heteroatoms. The number of rotatable bonds is 4. The first-order valence-corrected chi connectivity index (χ1v) is 6.90. The summed E-state index contributed by atoms with van der Waals surface area (Å²) in [4.78, 5) is 24.8. The minimum Gasteiger partial charge on any atom is -0.435 e. The van der Waals surface area contributed by atoms with E-state index in [1.54, 1.807) is 6.92 Å². The maximum Gasteiger partial charge on any atom is 0.387 e. The first-order chi connectivity index (χ1) is 10.8. The number of nitrogens with one attached hydrogen (secondary N) is 1. The molecule has 0 aromatic heterocycles. The molecule has 2 atom stereocenters. The van der Waals surface area contributed by atoms with Gasteiger partial charge >= 0.3 is 12.6 Å². The van der Waals surface area contributed by atoms with Crippen molar-refractivity contribution in [3.8, 4) is 5.75 Å². The Hall–Kier alpha value is -2.42. The number of carbonyl (C=O) groups excluding carboxylic acids is 2. The first-order valence-electron chi connectivity index (χ1n) is 6.90. The van der Waals surface area contributed by atoms with E-state index in [1.165, 1.54) is 29.2 Å². The third-order valence-electron chi connectivity index (χ3n) is 3.18. The van der Waals surface area contributed by atoms with Gasteiger partial charge in [0, 0.05) is 18.3 Å². The van der Waals surface area contributed by atoms with Crippen LogP contribution in [0.5, 0.6) is 5.75 Å². The Kier molecular flexibility index (Phi) is 5.32. The molecule has 1 aromatic carbocycles. The molecular formula is C14H17F2N3O4. The smallest absolute Gasteiger partial charge is 0.387 e. The standard InChI is InChI=1S/C14H17F2N3O4/c1-8-6-19(7-11(22-8)12(17)20)14(21)18-9-3-2-4-10(5-9)23-13(15)16/h2-5,8,11,13H,6-7H2,1H3,(H2,17,20)(H,18,21)/t8-,11+/m1/s1. The van der Waals surface area contributed by atoms with E-state index in [0.29, 0.717) is 5.69 Å². The molecule has 1 aliphatic heterocycles. The molecule has 1 heterocycles. The number of primary amides is 1. The second kappa shape index (κ2) is 7.23. The Labute approximate surface area is 131 Å². The first kappa shape index (κ1) is 16.9. The molecule has 3 amide bonds. The number of hydrogen-bond donors (Lipinski definition) is 2. The lowest BCUT2D eigenvalue weighted by molar-refractivity contribution is -0.139. The summed E-state index contributed by atoms with van der Waals surface area (Å²) in [5.41, 5.74) is 5.50. The Morgan fingerprint density at radius 1 is 1.43 bits per heavy atom. The molecular weight excluding hydrogens is 312 g/mol. The highest BCUT2D eigenvalue weighted by Crippen LogP contribution is 2.20. The maximum absolute atomic E-state index is 12.2. The van der Waals surface area contributed by atoms with Gasteiger partial charge in [0.2, 0.25) is 5.91 Å². The molecule has 23 heavy (non-hydrogen) atoms. The van der Waals surface area contributed by atoms with E-state index in [2.05, 4.69) is 10.1 Å². The fourth-order valence-corrected chi connectivity index (χ4v) is 2.23. The number of benzene rings is 1. The van der Waals surface area contributed by atoms with E-state index >= 15 is 0 Å². The summed E-state index contributed by atoms with van der Waals surface area (Å²) in [6, 6.07) is 5.15. The summed E-state index contributed by atoms with van der Waals surface area (Å²) in [7, 11) is 0. The summed E-state index contributed by atoms with van der Waals surface area (Å²) in [5.74, 6) is -0.718. The summed E-state index contributed by atoms with van der Waals surface area (Å²) in [6.45, 7) is -0.925. The molecule has 0 unspecified atom stereocenters. The predicted molar refractivity (Wildman–Crippen MR) is 77.2 cm³/mol. The lowest BCUT2D eigenvalue weighted by Gasteiger charge is -2.35. The van der Waals surface area contributed by atoms with Gasteiger partial charge < -0.3 is 25.4 Å². The Morgan fingerprint density at radius 2 is 2.17 bits per heavy atom. The molecule has 1 fully saturated rings. The summed E-state index contributed by atoms with van der Waals surface area (Å²) in [5, 5.41) is 2.56. The largest absolute Gasteiger partial charge is 0.435 e. The minimum absolute atomic E-state index is 0.0265. The number of ether oxygens (including phenoxy) is 2. The molecule has 1 saturated heterocycles. The van der Waals surface area contributed by atoms with Crippen molar-refractivity contribution in [2.75, 3.05) is 18.4 Å². The zero-order valence-corrected chi connectivity index (χ0v) is 12.4. The number of anilines is 1. The molecule has 0 saturated carbocycles. The van der Waals surface area contributed by atoms with Crippen LogP contribution in [0.15, 0.2) is 24.3 Å². The lowest BCUT2D eigenvalue weighted by atomic mass is 10.2. The highest BCUT2D eigenvalue weighted by molar-refractivity contribution is 5.90. The van der Waals surface area contributed by atoms with Gasteiger partial charge in [0.1, 0.15) is 5.75 Å². The number of halogens is 2. The van der Waals surface area contributed by atoms with Gasteiger partial charge in [0.15, 0.2) is 6.10 Å². The van der Waals surface area contributed by atoms with E-state index in [9.17, 15) is 18.4 Å². The number of nitrogens with two attached hydrogens (primary N) is 1. The van der Waals surface area contributed by atoms with Gasteiger partial charge in [-0.2, -0.15) is 8.78 Å². The molecule has 3 N–H and O–H groups in total. The number of nitrogens with zero attached hydrogens (tertiary/aromatic N) is 1. The molecule has 2 rings (SSSR count). The summed E-state index contributed by atoms with van der Waals surface area (Å²) < 4.78 is 34.0. The Morgan fingerprint density at radius 3 is 2.83 bits per heavy atom. The highest BCUT2D eigenvalue weighted by Gasteiger charge is 2.31. The van der Waals surface area contributed by atoms with Crippen molar-refractivity contribution >= 4 is 17.6 Å². The third kappa shape index (κ3) is 4.78. The van der Waals surface area contributed by atoms with Crippen molar-refractivity contribution in [1.82, 2.24) is 4.90 Å². The Balaban J connectivity index is 2.02. The highest BCUT2D eigenvalue weighted by atomic mass is 19.3. The zero-order valence-electron chi connectivity index (χ0n) is 12.4. The van der Waals surface area contributed by atoms with E-state index in [1.807, 2.05) is 0 Å². The topological polar surface area (TPSA) is 93.9 Å². The van der Waals surface area contributed by atoms with Gasteiger partial charge in [0.25, 0.3) is 0 Å². The summed E-state index contributed by atoms with van der Waals surface area (Å²) >= 11 is 0. The lowest BCUT2D eigenvalue weighted by Crippen LogP contribution is -2.54. The second-order valence-electron chi connectivity index (χ2n) is 5.08. The average molecular weight is 329 g/mol. The maximum atomic E-state index is 12.2. The van der Waals surface area contributed by atoms with Crippen molar-refractivity contribution in [2.24, 2.45) is 5.73 Å². The van der Waals surface area contributed by atoms with Crippen LogP contribution in [0.4, 0.5) is 19.3 Å². The van der Waals surface area contributed by atoms with E-state index in [0.717, 1.165) is 0 Å². The SMILES string of the molecule is C[C@@H]1CN(C(=O)Nc2cccc(OC(F)F)c2)C[C@@H](C(N)=O)O1. The molecule has 0 bridgehead atoms. The van der Waals surface area contributed by atoms with Gasteiger partial charge in [-0.15, -0.1) is 0 Å². The van der Waals surface area contributed by atoms with Crippen LogP contribution in [0.2, 0.25) is 0 Å². The van der Waals surface area contributed by atoms with Crippen LogP contribution >= 0.6 is 0 Å². The van der Waals surface area contributed by atoms with Crippen molar-refractivity contribution in [1.29, 1.82) is 0 Å². The number of hydrogen-bond acceptors (Lipinski definition) is 4.